The number of hydrogen-bond donors (Lipinski definition) is 2. The van der Waals surface area contributed by atoms with E-state index in [9.17, 15) is 14.4 Å². The Morgan fingerprint density at radius 2 is 1.76 bits per heavy atom. The van der Waals surface area contributed by atoms with Gasteiger partial charge in [-0.05, 0) is 31.0 Å². The van der Waals surface area contributed by atoms with E-state index < -0.39 is 18.1 Å². The molecule has 1 fully saturated rings. The highest BCUT2D eigenvalue weighted by Gasteiger charge is 2.33. The molecule has 2 N–H and O–H groups in total. The van der Waals surface area contributed by atoms with Crippen molar-refractivity contribution in [3.8, 4) is 0 Å². The SMILES string of the molecule is Cc1ccc(CCC(=O)Nc2ccc(C3OC(=O)NC3=O)cc2)cc1. The highest BCUT2D eigenvalue weighted by atomic mass is 16.6. The number of carbonyl (C=O) groups is 3. The van der Waals surface area contributed by atoms with Gasteiger partial charge < -0.3 is 10.1 Å². The average Bonchev–Trinajstić information content (AvgIpc) is 2.93. The zero-order valence-electron chi connectivity index (χ0n) is 13.7. The maximum atomic E-state index is 12.0. The predicted octanol–water partition coefficient (Wildman–Crippen LogP) is 2.87. The van der Waals surface area contributed by atoms with E-state index >= 15 is 0 Å². The molecule has 3 rings (SSSR count). The average molecular weight is 338 g/mol. The van der Waals surface area contributed by atoms with Crippen LogP contribution in [0.3, 0.4) is 0 Å². The van der Waals surface area contributed by atoms with Gasteiger partial charge in [0.25, 0.3) is 5.91 Å². The number of hydrogen-bond acceptors (Lipinski definition) is 4. The van der Waals surface area contributed by atoms with Crippen molar-refractivity contribution >= 4 is 23.6 Å². The molecule has 0 aliphatic carbocycles. The highest BCUT2D eigenvalue weighted by Crippen LogP contribution is 2.23. The molecule has 0 saturated carbocycles. The Bertz CT molecular complexity index is 797. The fourth-order valence-electron chi connectivity index (χ4n) is 2.55. The van der Waals surface area contributed by atoms with Crippen LogP contribution in [-0.4, -0.2) is 17.9 Å². The van der Waals surface area contributed by atoms with Crippen LogP contribution >= 0.6 is 0 Å². The lowest BCUT2D eigenvalue weighted by Gasteiger charge is -2.09. The summed E-state index contributed by atoms with van der Waals surface area (Å²) in [5.41, 5.74) is 3.49. The van der Waals surface area contributed by atoms with Gasteiger partial charge in [0.1, 0.15) is 0 Å². The molecule has 6 heteroatoms. The van der Waals surface area contributed by atoms with Crippen molar-refractivity contribution in [2.45, 2.75) is 25.9 Å². The minimum atomic E-state index is -0.932. The van der Waals surface area contributed by atoms with E-state index in [-0.39, 0.29) is 5.91 Å². The van der Waals surface area contributed by atoms with Gasteiger partial charge in [-0.25, -0.2) is 4.79 Å². The van der Waals surface area contributed by atoms with E-state index in [2.05, 4.69) is 10.6 Å². The molecule has 3 amide bonds. The summed E-state index contributed by atoms with van der Waals surface area (Å²) in [7, 11) is 0. The number of imide groups is 1. The van der Waals surface area contributed by atoms with Gasteiger partial charge in [0.2, 0.25) is 12.0 Å². The Labute approximate surface area is 145 Å². The molecule has 1 aliphatic rings. The van der Waals surface area contributed by atoms with Gasteiger partial charge >= 0.3 is 6.09 Å². The van der Waals surface area contributed by atoms with Gasteiger partial charge in [0.05, 0.1) is 0 Å². The van der Waals surface area contributed by atoms with Crippen LogP contribution in [0, 0.1) is 6.92 Å². The van der Waals surface area contributed by atoms with Crippen molar-refractivity contribution in [1.82, 2.24) is 5.32 Å². The number of cyclic esters (lactones) is 1. The molecule has 0 radical (unpaired) electrons. The molecule has 1 heterocycles. The number of benzene rings is 2. The minimum Gasteiger partial charge on any atom is -0.431 e. The zero-order chi connectivity index (χ0) is 17.8. The van der Waals surface area contributed by atoms with Crippen LogP contribution in [-0.2, 0) is 20.7 Å². The van der Waals surface area contributed by atoms with E-state index in [1.807, 2.05) is 31.2 Å². The van der Waals surface area contributed by atoms with E-state index in [1.54, 1.807) is 24.3 Å². The topological polar surface area (TPSA) is 84.5 Å². The van der Waals surface area contributed by atoms with E-state index in [4.69, 9.17) is 4.74 Å². The first-order valence-corrected chi connectivity index (χ1v) is 7.98. The van der Waals surface area contributed by atoms with Crippen molar-refractivity contribution in [2.75, 3.05) is 5.32 Å². The van der Waals surface area contributed by atoms with Gasteiger partial charge in [-0.15, -0.1) is 0 Å². The Morgan fingerprint density at radius 1 is 1.08 bits per heavy atom. The summed E-state index contributed by atoms with van der Waals surface area (Å²) in [6, 6.07) is 14.8. The molecule has 6 nitrogen and oxygen atoms in total. The number of ether oxygens (including phenoxy) is 1. The third-order valence-corrected chi connectivity index (χ3v) is 3.95. The lowest BCUT2D eigenvalue weighted by Crippen LogP contribution is -2.20. The third-order valence-electron chi connectivity index (χ3n) is 3.95. The Morgan fingerprint density at radius 3 is 2.36 bits per heavy atom. The summed E-state index contributed by atoms with van der Waals surface area (Å²) in [5, 5.41) is 4.89. The number of alkyl carbamates (subject to hydrolysis) is 1. The molecular weight excluding hydrogens is 320 g/mol. The number of anilines is 1. The summed E-state index contributed by atoms with van der Waals surface area (Å²) in [4.78, 5) is 34.7. The van der Waals surface area contributed by atoms with Crippen LogP contribution in [0.25, 0.3) is 0 Å². The number of nitrogens with one attached hydrogen (secondary N) is 2. The van der Waals surface area contributed by atoms with Crippen LogP contribution in [0.15, 0.2) is 48.5 Å². The Hall–Kier alpha value is -3.15. The van der Waals surface area contributed by atoms with Crippen LogP contribution in [0.5, 0.6) is 0 Å². The first kappa shape index (κ1) is 16.7. The van der Waals surface area contributed by atoms with E-state index in [0.717, 1.165) is 5.56 Å². The smallest absolute Gasteiger partial charge is 0.415 e. The molecule has 2 aromatic rings. The van der Waals surface area contributed by atoms with Crippen molar-refractivity contribution in [2.24, 2.45) is 0 Å². The second-order valence-electron chi connectivity index (χ2n) is 5.93. The fourth-order valence-corrected chi connectivity index (χ4v) is 2.55. The lowest BCUT2D eigenvalue weighted by atomic mass is 10.1. The molecule has 1 aliphatic heterocycles. The van der Waals surface area contributed by atoms with E-state index in [0.29, 0.717) is 24.1 Å². The summed E-state index contributed by atoms with van der Waals surface area (Å²) in [6.07, 6.45) is -0.627. The summed E-state index contributed by atoms with van der Waals surface area (Å²) in [6.45, 7) is 2.02. The quantitative estimate of drug-likeness (QED) is 0.878. The van der Waals surface area contributed by atoms with Gasteiger partial charge in [-0.3, -0.25) is 14.9 Å². The maximum Gasteiger partial charge on any atom is 0.415 e. The molecule has 1 saturated heterocycles. The van der Waals surface area contributed by atoms with Gasteiger partial charge in [0.15, 0.2) is 0 Å². The van der Waals surface area contributed by atoms with Crippen LogP contribution in [0.4, 0.5) is 10.5 Å². The van der Waals surface area contributed by atoms with Crippen molar-refractivity contribution < 1.29 is 19.1 Å². The molecule has 1 unspecified atom stereocenters. The monoisotopic (exact) mass is 338 g/mol. The minimum absolute atomic E-state index is 0.0848. The molecule has 2 aromatic carbocycles. The van der Waals surface area contributed by atoms with Gasteiger partial charge in [-0.1, -0.05) is 42.0 Å². The maximum absolute atomic E-state index is 12.0. The first-order chi connectivity index (χ1) is 12.0. The van der Waals surface area contributed by atoms with Crippen LogP contribution in [0.2, 0.25) is 0 Å². The second kappa shape index (κ2) is 7.17. The highest BCUT2D eigenvalue weighted by molar-refractivity contribution is 6.00. The standard InChI is InChI=1S/C19H18N2O4/c1-12-2-4-13(5-3-12)6-11-16(22)20-15-9-7-14(8-10-15)17-18(23)21-19(24)25-17/h2-5,7-10,17H,6,11H2,1H3,(H,20,22)(H,21,23,24). The molecule has 0 aromatic heterocycles. The largest absolute Gasteiger partial charge is 0.431 e. The second-order valence-corrected chi connectivity index (χ2v) is 5.93. The Kier molecular flexibility index (Phi) is 4.79. The molecule has 25 heavy (non-hydrogen) atoms. The Balaban J connectivity index is 1.54. The van der Waals surface area contributed by atoms with Gasteiger partial charge in [0, 0.05) is 17.7 Å². The van der Waals surface area contributed by atoms with Crippen molar-refractivity contribution in [3.63, 3.8) is 0 Å². The number of aryl methyl sites for hydroxylation is 2. The van der Waals surface area contributed by atoms with Crippen molar-refractivity contribution in [1.29, 1.82) is 0 Å². The third kappa shape index (κ3) is 4.23. The van der Waals surface area contributed by atoms with E-state index in [1.165, 1.54) is 5.56 Å². The van der Waals surface area contributed by atoms with Crippen LogP contribution < -0.4 is 10.6 Å². The lowest BCUT2D eigenvalue weighted by molar-refractivity contribution is -0.123. The summed E-state index contributed by atoms with van der Waals surface area (Å²) < 4.78 is 4.89. The predicted molar refractivity (Wildman–Crippen MR) is 91.9 cm³/mol. The number of amides is 3. The first-order valence-electron chi connectivity index (χ1n) is 7.98. The zero-order valence-corrected chi connectivity index (χ0v) is 13.7. The number of rotatable bonds is 5. The fraction of sp³-hybridized carbons (Fsp3) is 0.211. The number of carbonyl (C=O) groups excluding carboxylic acids is 3. The molecule has 1 atom stereocenters. The van der Waals surface area contributed by atoms with Crippen molar-refractivity contribution in [3.05, 3.63) is 65.2 Å². The normalized spacial score (nSPS) is 16.3. The molecular formula is C19H18N2O4. The molecule has 0 spiro atoms. The van der Waals surface area contributed by atoms with Gasteiger partial charge in [-0.2, -0.15) is 0 Å². The summed E-state index contributed by atoms with van der Waals surface area (Å²) >= 11 is 0. The van der Waals surface area contributed by atoms with Crippen LogP contribution in [0.1, 0.15) is 29.2 Å². The summed E-state index contributed by atoms with van der Waals surface area (Å²) in [5.74, 6) is -0.571. The molecule has 0 bridgehead atoms. The molecule has 128 valence electrons.